The third kappa shape index (κ3) is 2.67. The molecule has 11 heavy (non-hydrogen) atoms. The average Bonchev–Trinajstić information content (AvgIpc) is 2.69. The van der Waals surface area contributed by atoms with Crippen LogP contribution in [-0.4, -0.2) is 16.6 Å². The lowest BCUT2D eigenvalue weighted by molar-refractivity contribution is -0.122. The summed E-state index contributed by atoms with van der Waals surface area (Å²) in [7, 11) is 0. The van der Waals surface area contributed by atoms with Crippen molar-refractivity contribution in [3.63, 3.8) is 0 Å². The maximum Gasteiger partial charge on any atom is 0.290 e. The van der Waals surface area contributed by atoms with Crippen LogP contribution in [0.25, 0.3) is 0 Å². The zero-order chi connectivity index (χ0) is 8.10. The Balaban J connectivity index is 0.000000179. The third-order valence-electron chi connectivity index (χ3n) is 1.45. The molecule has 0 radical (unpaired) electrons. The second-order valence-corrected chi connectivity index (χ2v) is 3.01. The number of carbonyl (C=O) groups is 1. The number of nitrogens with zero attached hydrogens (tertiary/aromatic N) is 1. The van der Waals surface area contributed by atoms with Crippen molar-refractivity contribution >= 4 is 17.8 Å². The smallest absolute Gasteiger partial charge is 0.290 e. The molecule has 4 heteroatoms. The molecule has 1 N–H and O–H groups in total. The molecule has 0 unspecified atom stereocenters. The standard InChI is InChI=1S/C6H7NS.CH2O2/c1-2-5(1)6-3-8-4-7-6;2-1-3/h3-5H,1-2H2;1H,(H,2,3). The SMILES string of the molecule is O=CO.c1nc(C2CC2)cs1. The molecule has 1 aliphatic rings. The molecule has 2 rings (SSSR count). The second kappa shape index (κ2) is 4.08. The fraction of sp³-hybridized carbons (Fsp3) is 0.429. The Bertz CT molecular complexity index is 206. The van der Waals surface area contributed by atoms with E-state index in [1.54, 1.807) is 11.3 Å². The lowest BCUT2D eigenvalue weighted by atomic mass is 10.3. The molecule has 0 aliphatic heterocycles. The Morgan fingerprint density at radius 2 is 2.36 bits per heavy atom. The average molecular weight is 171 g/mol. The Morgan fingerprint density at radius 1 is 1.73 bits per heavy atom. The van der Waals surface area contributed by atoms with Gasteiger partial charge in [-0.25, -0.2) is 4.98 Å². The highest BCUT2D eigenvalue weighted by atomic mass is 32.1. The molecule has 60 valence electrons. The van der Waals surface area contributed by atoms with Gasteiger partial charge in [0, 0.05) is 11.3 Å². The highest BCUT2D eigenvalue weighted by molar-refractivity contribution is 7.07. The summed E-state index contributed by atoms with van der Waals surface area (Å²) in [6.45, 7) is -0.250. The Morgan fingerprint density at radius 3 is 2.73 bits per heavy atom. The van der Waals surface area contributed by atoms with Crippen molar-refractivity contribution in [2.75, 3.05) is 0 Å². The topological polar surface area (TPSA) is 50.2 Å². The van der Waals surface area contributed by atoms with Gasteiger partial charge in [0.15, 0.2) is 0 Å². The van der Waals surface area contributed by atoms with Gasteiger partial charge in [-0.05, 0) is 12.8 Å². The van der Waals surface area contributed by atoms with Crippen LogP contribution >= 0.6 is 11.3 Å². The first kappa shape index (κ1) is 8.20. The monoisotopic (exact) mass is 171 g/mol. The number of thiazole rings is 1. The van der Waals surface area contributed by atoms with E-state index in [1.165, 1.54) is 18.5 Å². The first-order chi connectivity index (χ1) is 5.38. The predicted octanol–water partition coefficient (Wildman–Crippen LogP) is 1.72. The van der Waals surface area contributed by atoms with E-state index < -0.39 is 0 Å². The highest BCUT2D eigenvalue weighted by Crippen LogP contribution is 2.39. The van der Waals surface area contributed by atoms with Crippen molar-refractivity contribution in [1.29, 1.82) is 0 Å². The highest BCUT2D eigenvalue weighted by Gasteiger charge is 2.24. The molecule has 1 fully saturated rings. The van der Waals surface area contributed by atoms with Crippen molar-refractivity contribution < 1.29 is 9.90 Å². The van der Waals surface area contributed by atoms with Gasteiger partial charge in [0.1, 0.15) is 0 Å². The van der Waals surface area contributed by atoms with Crippen LogP contribution in [0.3, 0.4) is 0 Å². The molecule has 0 aromatic carbocycles. The minimum Gasteiger partial charge on any atom is -0.483 e. The first-order valence-corrected chi connectivity index (χ1v) is 4.28. The van der Waals surface area contributed by atoms with Gasteiger partial charge in [0.05, 0.1) is 11.2 Å². The Labute approximate surface area is 68.7 Å². The molecule has 0 saturated heterocycles. The zero-order valence-electron chi connectivity index (χ0n) is 5.93. The van der Waals surface area contributed by atoms with Crippen LogP contribution in [0, 0.1) is 0 Å². The van der Waals surface area contributed by atoms with Crippen molar-refractivity contribution in [3.05, 3.63) is 16.6 Å². The third-order valence-corrected chi connectivity index (χ3v) is 2.05. The van der Waals surface area contributed by atoms with Gasteiger partial charge in [-0.1, -0.05) is 0 Å². The maximum absolute atomic E-state index is 8.36. The van der Waals surface area contributed by atoms with E-state index in [9.17, 15) is 0 Å². The van der Waals surface area contributed by atoms with Crippen molar-refractivity contribution in [2.45, 2.75) is 18.8 Å². The van der Waals surface area contributed by atoms with Gasteiger partial charge in [-0.15, -0.1) is 11.3 Å². The van der Waals surface area contributed by atoms with Crippen LogP contribution in [-0.2, 0) is 4.79 Å². The van der Waals surface area contributed by atoms with Gasteiger partial charge in [-0.3, -0.25) is 4.79 Å². The summed E-state index contributed by atoms with van der Waals surface area (Å²) < 4.78 is 0. The minimum atomic E-state index is -0.250. The summed E-state index contributed by atoms with van der Waals surface area (Å²) in [5.74, 6) is 0.834. The molecule has 0 spiro atoms. The predicted molar refractivity (Wildman–Crippen MR) is 42.8 cm³/mol. The van der Waals surface area contributed by atoms with Crippen molar-refractivity contribution in [1.82, 2.24) is 4.98 Å². The van der Waals surface area contributed by atoms with Crippen LogP contribution in [0.1, 0.15) is 24.5 Å². The molecule has 3 nitrogen and oxygen atoms in total. The number of hydrogen-bond acceptors (Lipinski definition) is 3. The summed E-state index contributed by atoms with van der Waals surface area (Å²) in [4.78, 5) is 12.6. The maximum atomic E-state index is 8.36. The molecular formula is C7H9NO2S. The minimum absolute atomic E-state index is 0.250. The van der Waals surface area contributed by atoms with E-state index in [4.69, 9.17) is 9.90 Å². The first-order valence-electron chi connectivity index (χ1n) is 3.34. The van der Waals surface area contributed by atoms with E-state index in [0.717, 1.165) is 5.92 Å². The number of hydrogen-bond donors (Lipinski definition) is 1. The summed E-state index contributed by atoms with van der Waals surface area (Å²) >= 11 is 1.70. The van der Waals surface area contributed by atoms with Crippen LogP contribution in [0.4, 0.5) is 0 Å². The molecule has 0 atom stereocenters. The molecule has 0 amide bonds. The van der Waals surface area contributed by atoms with E-state index >= 15 is 0 Å². The lowest BCUT2D eigenvalue weighted by Crippen LogP contribution is -1.73. The molecule has 1 aliphatic carbocycles. The molecule has 0 bridgehead atoms. The molecule has 1 saturated carbocycles. The second-order valence-electron chi connectivity index (χ2n) is 2.29. The number of rotatable bonds is 1. The Kier molecular flexibility index (Phi) is 3.04. The summed E-state index contributed by atoms with van der Waals surface area (Å²) in [5.41, 5.74) is 3.23. The van der Waals surface area contributed by atoms with Crippen LogP contribution in [0.2, 0.25) is 0 Å². The largest absolute Gasteiger partial charge is 0.483 e. The normalized spacial score (nSPS) is 14.9. The number of aromatic nitrogens is 1. The van der Waals surface area contributed by atoms with E-state index in [2.05, 4.69) is 10.4 Å². The van der Waals surface area contributed by atoms with Gasteiger partial charge >= 0.3 is 0 Å². The van der Waals surface area contributed by atoms with Crippen molar-refractivity contribution in [3.8, 4) is 0 Å². The molecular weight excluding hydrogens is 162 g/mol. The summed E-state index contributed by atoms with van der Waals surface area (Å²) in [6.07, 6.45) is 2.73. The quantitative estimate of drug-likeness (QED) is 0.654. The Hall–Kier alpha value is -0.900. The summed E-state index contributed by atoms with van der Waals surface area (Å²) in [5, 5.41) is 9.04. The van der Waals surface area contributed by atoms with Gasteiger partial charge < -0.3 is 5.11 Å². The van der Waals surface area contributed by atoms with E-state index in [0.29, 0.717) is 0 Å². The van der Waals surface area contributed by atoms with Crippen LogP contribution < -0.4 is 0 Å². The van der Waals surface area contributed by atoms with E-state index in [-0.39, 0.29) is 6.47 Å². The summed E-state index contributed by atoms with van der Waals surface area (Å²) in [6, 6.07) is 0. The lowest BCUT2D eigenvalue weighted by Gasteiger charge is -1.81. The molecule has 1 aromatic heterocycles. The fourth-order valence-corrected chi connectivity index (χ4v) is 1.44. The van der Waals surface area contributed by atoms with Crippen molar-refractivity contribution in [2.24, 2.45) is 0 Å². The van der Waals surface area contributed by atoms with Gasteiger partial charge in [0.2, 0.25) is 0 Å². The van der Waals surface area contributed by atoms with Crippen LogP contribution in [0.15, 0.2) is 10.9 Å². The number of carboxylic acid groups (broad SMARTS) is 1. The van der Waals surface area contributed by atoms with Gasteiger partial charge in [-0.2, -0.15) is 0 Å². The fourth-order valence-electron chi connectivity index (χ4n) is 0.803. The molecule has 1 heterocycles. The van der Waals surface area contributed by atoms with E-state index in [1.807, 2.05) is 5.51 Å². The van der Waals surface area contributed by atoms with Gasteiger partial charge in [0.25, 0.3) is 6.47 Å². The van der Waals surface area contributed by atoms with Crippen LogP contribution in [0.5, 0.6) is 0 Å². The zero-order valence-corrected chi connectivity index (χ0v) is 6.75. The molecule has 1 aromatic rings.